The Morgan fingerprint density at radius 2 is 1.38 bits per heavy atom. The predicted octanol–water partition coefficient (Wildman–Crippen LogP) is 8.89. The van der Waals surface area contributed by atoms with Crippen molar-refractivity contribution in [3.8, 4) is 22.6 Å². The molecule has 1 aliphatic rings. The van der Waals surface area contributed by atoms with Crippen LogP contribution in [0.3, 0.4) is 0 Å². The van der Waals surface area contributed by atoms with E-state index < -0.39 is 29.1 Å². The molecule has 3 aromatic rings. The van der Waals surface area contributed by atoms with Crippen molar-refractivity contribution in [2.75, 3.05) is 13.2 Å². The van der Waals surface area contributed by atoms with E-state index in [1.54, 1.807) is 6.07 Å². The van der Waals surface area contributed by atoms with Crippen molar-refractivity contribution in [1.82, 2.24) is 0 Å². The second-order valence-electron chi connectivity index (χ2n) is 9.72. The number of halogens is 5. The van der Waals surface area contributed by atoms with Crippen LogP contribution in [-0.2, 0) is 0 Å². The maximum atomic E-state index is 15.0. The largest absolute Gasteiger partial charge is 0.490 e. The lowest BCUT2D eigenvalue weighted by atomic mass is 9.78. The van der Waals surface area contributed by atoms with Gasteiger partial charge in [-0.25, -0.2) is 13.2 Å². The summed E-state index contributed by atoms with van der Waals surface area (Å²) in [4.78, 5) is 0. The second-order valence-corrected chi connectivity index (χ2v) is 9.72. The molecule has 198 valence electrons. The van der Waals surface area contributed by atoms with Crippen LogP contribution < -0.4 is 9.47 Å². The van der Waals surface area contributed by atoms with E-state index in [1.807, 2.05) is 6.92 Å². The monoisotopic (exact) mass is 518 g/mol. The lowest BCUT2D eigenvalue weighted by molar-refractivity contribution is 0.192. The number of benzene rings is 3. The van der Waals surface area contributed by atoms with Crippen molar-refractivity contribution in [1.29, 1.82) is 0 Å². The highest BCUT2D eigenvalue weighted by atomic mass is 19.2. The highest BCUT2D eigenvalue weighted by Gasteiger charge is 2.25. The summed E-state index contributed by atoms with van der Waals surface area (Å²) >= 11 is 0. The van der Waals surface area contributed by atoms with E-state index in [4.69, 9.17) is 9.47 Å². The fourth-order valence-corrected chi connectivity index (χ4v) is 4.79. The van der Waals surface area contributed by atoms with E-state index in [-0.39, 0.29) is 53.2 Å². The molecule has 0 aliphatic heterocycles. The normalized spacial score (nSPS) is 17.6. The molecule has 0 heterocycles. The van der Waals surface area contributed by atoms with Gasteiger partial charge in [-0.05, 0) is 86.3 Å². The first-order chi connectivity index (χ1) is 17.8. The van der Waals surface area contributed by atoms with Gasteiger partial charge in [-0.2, -0.15) is 8.78 Å². The van der Waals surface area contributed by atoms with Gasteiger partial charge in [-0.3, -0.25) is 0 Å². The van der Waals surface area contributed by atoms with Crippen molar-refractivity contribution >= 4 is 0 Å². The Morgan fingerprint density at radius 3 is 2.08 bits per heavy atom. The van der Waals surface area contributed by atoms with E-state index in [9.17, 15) is 17.6 Å². The summed E-state index contributed by atoms with van der Waals surface area (Å²) in [6, 6.07) is 10.2. The van der Waals surface area contributed by atoms with E-state index in [2.05, 4.69) is 0 Å². The Kier molecular flexibility index (Phi) is 8.72. The van der Waals surface area contributed by atoms with Crippen molar-refractivity contribution in [2.45, 2.75) is 58.3 Å². The van der Waals surface area contributed by atoms with Gasteiger partial charge in [0, 0.05) is 11.1 Å². The van der Waals surface area contributed by atoms with Crippen molar-refractivity contribution < 1.29 is 31.4 Å². The third-order valence-electron chi connectivity index (χ3n) is 7.12. The average Bonchev–Trinajstić information content (AvgIpc) is 2.90. The van der Waals surface area contributed by atoms with E-state index in [0.717, 1.165) is 44.1 Å². The molecule has 0 spiro atoms. The molecule has 4 rings (SSSR count). The van der Waals surface area contributed by atoms with Crippen LogP contribution in [0.1, 0.15) is 62.5 Å². The fourth-order valence-electron chi connectivity index (χ4n) is 4.79. The first kappa shape index (κ1) is 27.0. The van der Waals surface area contributed by atoms with Gasteiger partial charge in [0.25, 0.3) is 0 Å². The molecule has 0 amide bonds. The minimum atomic E-state index is -1.13. The topological polar surface area (TPSA) is 18.5 Å². The lowest BCUT2D eigenvalue weighted by Crippen LogP contribution is -2.19. The van der Waals surface area contributed by atoms with Gasteiger partial charge in [0.1, 0.15) is 5.82 Å². The van der Waals surface area contributed by atoms with Gasteiger partial charge in [0.15, 0.2) is 23.1 Å². The van der Waals surface area contributed by atoms with Crippen molar-refractivity contribution in [2.24, 2.45) is 5.92 Å². The Hall–Kier alpha value is -3.09. The quantitative estimate of drug-likeness (QED) is 0.208. The SMILES string of the molecule is CCCCOc1ccc(-c2ccc(C3CCC(COc4ccc(C)c(F)c4F)CC3)cc2F)c(F)c1F. The molecule has 3 aromatic carbocycles. The van der Waals surface area contributed by atoms with Gasteiger partial charge in [-0.15, -0.1) is 0 Å². The number of hydrogen-bond donors (Lipinski definition) is 0. The number of aryl methyl sites for hydroxylation is 1. The molecule has 0 N–H and O–H groups in total. The molecule has 7 heteroatoms. The molecule has 1 aliphatic carbocycles. The smallest absolute Gasteiger partial charge is 0.201 e. The Morgan fingerprint density at radius 1 is 0.730 bits per heavy atom. The molecule has 2 nitrogen and oxygen atoms in total. The molecule has 0 aromatic heterocycles. The van der Waals surface area contributed by atoms with Crippen LogP contribution in [0, 0.1) is 41.9 Å². The lowest BCUT2D eigenvalue weighted by Gasteiger charge is -2.29. The van der Waals surface area contributed by atoms with Crippen LogP contribution in [0.5, 0.6) is 11.5 Å². The van der Waals surface area contributed by atoms with E-state index in [0.29, 0.717) is 0 Å². The van der Waals surface area contributed by atoms with Crippen LogP contribution in [0.15, 0.2) is 42.5 Å². The molecular weight excluding hydrogens is 487 g/mol. The zero-order chi connectivity index (χ0) is 26.5. The fraction of sp³-hybridized carbons (Fsp3) is 0.400. The number of ether oxygens (including phenoxy) is 2. The van der Waals surface area contributed by atoms with Crippen LogP contribution in [0.25, 0.3) is 11.1 Å². The van der Waals surface area contributed by atoms with Gasteiger partial charge >= 0.3 is 0 Å². The minimum absolute atomic E-state index is 0.00491. The summed E-state index contributed by atoms with van der Waals surface area (Å²) in [5.74, 6) is -4.71. The number of unbranched alkanes of at least 4 members (excludes halogenated alkanes) is 1. The number of rotatable bonds is 9. The molecular formula is C30H31F5O2. The Labute approximate surface area is 214 Å². The van der Waals surface area contributed by atoms with E-state index in [1.165, 1.54) is 43.3 Å². The van der Waals surface area contributed by atoms with Gasteiger partial charge < -0.3 is 9.47 Å². The highest BCUT2D eigenvalue weighted by molar-refractivity contribution is 5.66. The first-order valence-corrected chi connectivity index (χ1v) is 12.8. The van der Waals surface area contributed by atoms with E-state index >= 15 is 4.39 Å². The van der Waals surface area contributed by atoms with Crippen molar-refractivity contribution in [3.63, 3.8) is 0 Å². The molecule has 1 saturated carbocycles. The molecule has 0 bridgehead atoms. The van der Waals surface area contributed by atoms with Gasteiger partial charge in [0.05, 0.1) is 13.2 Å². The molecule has 37 heavy (non-hydrogen) atoms. The van der Waals surface area contributed by atoms with Gasteiger partial charge in [0.2, 0.25) is 11.6 Å². The van der Waals surface area contributed by atoms with Crippen LogP contribution in [0.2, 0.25) is 0 Å². The standard InChI is InChI=1S/C30H31F5O2/c1-3-4-15-36-25-14-12-23(28(33)30(25)35)22-11-10-21(16-24(22)31)20-8-6-19(7-9-20)17-37-26-13-5-18(2)27(32)29(26)34/h5,10-14,16,19-20H,3-4,6-9,15,17H2,1-2H3. The van der Waals surface area contributed by atoms with Gasteiger partial charge in [-0.1, -0.05) is 31.5 Å². The maximum absolute atomic E-state index is 15.0. The van der Waals surface area contributed by atoms with Crippen LogP contribution >= 0.6 is 0 Å². The second kappa shape index (κ2) is 12.0. The Balaban J connectivity index is 1.37. The summed E-state index contributed by atoms with van der Waals surface area (Å²) in [5.41, 5.74) is 0.873. The minimum Gasteiger partial charge on any atom is -0.490 e. The number of hydrogen-bond acceptors (Lipinski definition) is 2. The first-order valence-electron chi connectivity index (χ1n) is 12.8. The Bertz CT molecular complexity index is 1240. The third kappa shape index (κ3) is 6.08. The molecule has 1 fully saturated rings. The zero-order valence-electron chi connectivity index (χ0n) is 21.1. The summed E-state index contributed by atoms with van der Waals surface area (Å²) in [7, 11) is 0. The predicted molar refractivity (Wildman–Crippen MR) is 133 cm³/mol. The molecule has 0 saturated heterocycles. The summed E-state index contributed by atoms with van der Waals surface area (Å²) in [6.07, 6.45) is 4.74. The maximum Gasteiger partial charge on any atom is 0.201 e. The summed E-state index contributed by atoms with van der Waals surface area (Å²) in [6.45, 7) is 4.02. The molecule has 0 atom stereocenters. The average molecular weight is 519 g/mol. The van der Waals surface area contributed by atoms with Crippen LogP contribution in [-0.4, -0.2) is 13.2 Å². The molecule has 0 radical (unpaired) electrons. The summed E-state index contributed by atoms with van der Waals surface area (Å²) < 4.78 is 82.8. The third-order valence-corrected chi connectivity index (χ3v) is 7.12. The highest BCUT2D eigenvalue weighted by Crippen LogP contribution is 2.38. The molecule has 0 unspecified atom stereocenters. The van der Waals surface area contributed by atoms with Crippen molar-refractivity contribution in [3.05, 3.63) is 82.7 Å². The summed E-state index contributed by atoms with van der Waals surface area (Å²) in [5, 5.41) is 0. The zero-order valence-corrected chi connectivity index (χ0v) is 21.1. The van der Waals surface area contributed by atoms with Crippen LogP contribution in [0.4, 0.5) is 22.0 Å².